The van der Waals surface area contributed by atoms with E-state index in [1.54, 1.807) is 6.20 Å². The van der Waals surface area contributed by atoms with E-state index in [0.717, 1.165) is 5.56 Å². The van der Waals surface area contributed by atoms with Gasteiger partial charge in [0, 0.05) is 24.6 Å². The molecule has 0 aliphatic carbocycles. The molecular weight excluding hydrogens is 264 g/mol. The van der Waals surface area contributed by atoms with Crippen LogP contribution < -0.4 is 10.5 Å². The second-order valence-corrected chi connectivity index (χ2v) is 5.92. The summed E-state index contributed by atoms with van der Waals surface area (Å²) in [6, 6.07) is 5.22. The number of H-pyrrole nitrogens is 1. The van der Waals surface area contributed by atoms with Gasteiger partial charge in [-0.2, -0.15) is 0 Å². The Balaban J connectivity index is 2.12. The number of hydrogen-bond acceptors (Lipinski definition) is 4. The molecule has 2 rings (SSSR count). The van der Waals surface area contributed by atoms with Crippen molar-refractivity contribution in [2.45, 2.75) is 24.9 Å². The minimum atomic E-state index is -3.54. The molecular formula is C12H16N4O2S. The Morgan fingerprint density at radius 3 is 2.89 bits per heavy atom. The van der Waals surface area contributed by atoms with Crippen LogP contribution in [0.4, 0.5) is 0 Å². The predicted molar refractivity (Wildman–Crippen MR) is 71.7 cm³/mol. The number of nitrogens with two attached hydrogens (primary N) is 1. The van der Waals surface area contributed by atoms with E-state index in [-0.39, 0.29) is 18.0 Å². The summed E-state index contributed by atoms with van der Waals surface area (Å²) in [5.74, 6) is 0. The van der Waals surface area contributed by atoms with Gasteiger partial charge >= 0.3 is 0 Å². The van der Waals surface area contributed by atoms with E-state index in [4.69, 9.17) is 5.73 Å². The molecule has 0 fully saturated rings. The zero-order valence-electron chi connectivity index (χ0n) is 10.6. The van der Waals surface area contributed by atoms with E-state index in [2.05, 4.69) is 14.7 Å². The zero-order chi connectivity index (χ0) is 13.9. The lowest BCUT2D eigenvalue weighted by Gasteiger charge is -2.06. The van der Waals surface area contributed by atoms with Gasteiger partial charge in [0.05, 0.1) is 17.1 Å². The van der Waals surface area contributed by atoms with Crippen LogP contribution in [-0.4, -0.2) is 18.4 Å². The van der Waals surface area contributed by atoms with Crippen LogP contribution in [0.1, 0.15) is 17.0 Å². The Morgan fingerprint density at radius 2 is 2.26 bits per heavy atom. The molecule has 19 heavy (non-hydrogen) atoms. The smallest absolute Gasteiger partial charge is 0.242 e. The first-order chi connectivity index (χ1) is 9.03. The van der Waals surface area contributed by atoms with E-state index < -0.39 is 10.0 Å². The van der Waals surface area contributed by atoms with Crippen molar-refractivity contribution < 1.29 is 8.42 Å². The Hall–Kier alpha value is -1.70. The molecule has 6 nitrogen and oxygen atoms in total. The highest BCUT2D eigenvalue weighted by molar-refractivity contribution is 7.89. The molecule has 0 saturated heterocycles. The quantitative estimate of drug-likeness (QED) is 0.748. The molecule has 2 heterocycles. The van der Waals surface area contributed by atoms with Crippen molar-refractivity contribution >= 4 is 10.0 Å². The van der Waals surface area contributed by atoms with Gasteiger partial charge in [-0.3, -0.25) is 4.98 Å². The topological polar surface area (TPSA) is 101 Å². The van der Waals surface area contributed by atoms with E-state index in [0.29, 0.717) is 11.4 Å². The normalized spacial score (nSPS) is 11.7. The standard InChI is InChI=1S/C12H16N4O2S/c1-9-3-2-4-14-12(9)8-16-19(17,18)11-5-10(6-13)15-7-11/h2-5,7,15-16H,6,8,13H2,1H3. The van der Waals surface area contributed by atoms with Crippen LogP contribution in [0, 0.1) is 6.92 Å². The number of aryl methyl sites for hydroxylation is 1. The summed E-state index contributed by atoms with van der Waals surface area (Å²) in [7, 11) is -3.54. The molecule has 0 radical (unpaired) electrons. The molecule has 102 valence electrons. The summed E-state index contributed by atoms with van der Waals surface area (Å²) in [5, 5.41) is 0. The molecule has 0 atom stereocenters. The number of hydrogen-bond donors (Lipinski definition) is 3. The summed E-state index contributed by atoms with van der Waals surface area (Å²) in [5.41, 5.74) is 7.77. The van der Waals surface area contributed by atoms with Crippen LogP contribution in [0.2, 0.25) is 0 Å². The number of aromatic nitrogens is 2. The summed E-state index contributed by atoms with van der Waals surface area (Å²) in [6.07, 6.45) is 3.06. The number of pyridine rings is 1. The largest absolute Gasteiger partial charge is 0.363 e. The predicted octanol–water partition coefficient (Wildman–Crippen LogP) is 0.655. The van der Waals surface area contributed by atoms with E-state index in [9.17, 15) is 8.42 Å². The lowest BCUT2D eigenvalue weighted by atomic mass is 10.2. The van der Waals surface area contributed by atoms with Crippen molar-refractivity contribution in [2.75, 3.05) is 0 Å². The van der Waals surface area contributed by atoms with Gasteiger partial charge in [-0.25, -0.2) is 13.1 Å². The average molecular weight is 280 g/mol. The molecule has 2 aromatic rings. The summed E-state index contributed by atoms with van der Waals surface area (Å²) < 4.78 is 26.6. The fourth-order valence-corrected chi connectivity index (χ4v) is 2.65. The van der Waals surface area contributed by atoms with Gasteiger partial charge in [-0.1, -0.05) is 6.07 Å². The highest BCUT2D eigenvalue weighted by Gasteiger charge is 2.16. The Morgan fingerprint density at radius 1 is 1.47 bits per heavy atom. The molecule has 7 heteroatoms. The third-order valence-corrected chi connectivity index (χ3v) is 4.17. The summed E-state index contributed by atoms with van der Waals surface area (Å²) >= 11 is 0. The van der Waals surface area contributed by atoms with Gasteiger partial charge in [-0.05, 0) is 24.6 Å². The minimum Gasteiger partial charge on any atom is -0.363 e. The zero-order valence-corrected chi connectivity index (χ0v) is 11.4. The maximum Gasteiger partial charge on any atom is 0.242 e. The number of nitrogens with zero attached hydrogens (tertiary/aromatic N) is 1. The van der Waals surface area contributed by atoms with Gasteiger partial charge in [0.1, 0.15) is 0 Å². The van der Waals surface area contributed by atoms with Gasteiger partial charge in [0.2, 0.25) is 10.0 Å². The van der Waals surface area contributed by atoms with Crippen LogP contribution in [0.15, 0.2) is 35.5 Å². The molecule has 0 aliphatic heterocycles. The molecule has 0 unspecified atom stereocenters. The molecule has 2 aromatic heterocycles. The molecule has 0 aromatic carbocycles. The summed E-state index contributed by atoms with van der Waals surface area (Å²) in [4.78, 5) is 7.13. The van der Waals surface area contributed by atoms with Crippen molar-refractivity contribution in [1.29, 1.82) is 0 Å². The monoisotopic (exact) mass is 280 g/mol. The first kappa shape index (κ1) is 13.7. The second-order valence-electron chi connectivity index (χ2n) is 4.16. The van der Waals surface area contributed by atoms with Crippen LogP contribution in [-0.2, 0) is 23.1 Å². The molecule has 0 aliphatic rings. The highest BCUT2D eigenvalue weighted by atomic mass is 32.2. The van der Waals surface area contributed by atoms with E-state index in [1.165, 1.54) is 12.3 Å². The fourth-order valence-electron chi connectivity index (χ4n) is 1.64. The van der Waals surface area contributed by atoms with Crippen molar-refractivity contribution in [3.8, 4) is 0 Å². The van der Waals surface area contributed by atoms with E-state index >= 15 is 0 Å². The lowest BCUT2D eigenvalue weighted by molar-refractivity contribution is 0.580. The van der Waals surface area contributed by atoms with E-state index in [1.807, 2.05) is 19.1 Å². The number of sulfonamides is 1. The van der Waals surface area contributed by atoms with Crippen molar-refractivity contribution in [1.82, 2.24) is 14.7 Å². The van der Waals surface area contributed by atoms with Crippen LogP contribution in [0.5, 0.6) is 0 Å². The Kier molecular flexibility index (Phi) is 3.98. The van der Waals surface area contributed by atoms with Crippen molar-refractivity contribution in [3.63, 3.8) is 0 Å². The number of aromatic amines is 1. The third-order valence-electron chi connectivity index (χ3n) is 2.79. The van der Waals surface area contributed by atoms with Gasteiger partial charge < -0.3 is 10.7 Å². The van der Waals surface area contributed by atoms with Gasteiger partial charge in [-0.15, -0.1) is 0 Å². The lowest BCUT2D eigenvalue weighted by Crippen LogP contribution is -2.23. The van der Waals surface area contributed by atoms with Crippen LogP contribution >= 0.6 is 0 Å². The van der Waals surface area contributed by atoms with Crippen molar-refractivity contribution in [2.24, 2.45) is 5.73 Å². The molecule has 0 saturated carbocycles. The first-order valence-corrected chi connectivity index (χ1v) is 7.29. The highest BCUT2D eigenvalue weighted by Crippen LogP contribution is 2.11. The van der Waals surface area contributed by atoms with Gasteiger partial charge in [0.15, 0.2) is 0 Å². The Bertz CT molecular complexity index is 664. The fraction of sp³-hybridized carbons (Fsp3) is 0.250. The minimum absolute atomic E-state index is 0.165. The SMILES string of the molecule is Cc1cccnc1CNS(=O)(=O)c1c[nH]c(CN)c1. The second kappa shape index (κ2) is 5.52. The number of nitrogens with one attached hydrogen (secondary N) is 2. The van der Waals surface area contributed by atoms with Gasteiger partial charge in [0.25, 0.3) is 0 Å². The average Bonchev–Trinajstić information content (AvgIpc) is 2.87. The van der Waals surface area contributed by atoms with Crippen LogP contribution in [0.25, 0.3) is 0 Å². The maximum absolute atomic E-state index is 12.0. The molecule has 4 N–H and O–H groups in total. The molecule has 0 bridgehead atoms. The summed E-state index contributed by atoms with van der Waals surface area (Å²) in [6.45, 7) is 2.33. The molecule has 0 amide bonds. The van der Waals surface area contributed by atoms with Crippen molar-refractivity contribution in [3.05, 3.63) is 47.5 Å². The molecule has 0 spiro atoms. The van der Waals surface area contributed by atoms with Crippen LogP contribution in [0.3, 0.4) is 0 Å². The first-order valence-electron chi connectivity index (χ1n) is 5.80. The third kappa shape index (κ3) is 3.19. The Labute approximate surface area is 112 Å². The number of rotatable bonds is 5. The maximum atomic E-state index is 12.0.